The van der Waals surface area contributed by atoms with E-state index in [1.165, 1.54) is 108 Å². The lowest BCUT2D eigenvalue weighted by atomic mass is 9.94. The van der Waals surface area contributed by atoms with Gasteiger partial charge in [-0.15, -0.1) is 0 Å². The summed E-state index contributed by atoms with van der Waals surface area (Å²) in [4.78, 5) is 2.34. The van der Waals surface area contributed by atoms with Gasteiger partial charge in [-0.3, -0.25) is 4.90 Å². The van der Waals surface area contributed by atoms with Gasteiger partial charge in [0.15, 0.2) is 0 Å². The summed E-state index contributed by atoms with van der Waals surface area (Å²) in [6.45, 7) is 3.31. The molecule has 0 spiro atoms. The van der Waals surface area contributed by atoms with Crippen LogP contribution in [-0.4, -0.2) is 23.6 Å². The van der Waals surface area contributed by atoms with Gasteiger partial charge in [0.1, 0.15) is 0 Å². The average molecular weight is 480 g/mol. The van der Waals surface area contributed by atoms with Crippen molar-refractivity contribution in [3.63, 3.8) is 0 Å². The zero-order chi connectivity index (χ0) is 25.0. The molecular weight excluding hydrogens is 426 g/mol. The number of aliphatic hydroxyl groups excluding tert-OH is 1. The van der Waals surface area contributed by atoms with Crippen LogP contribution >= 0.6 is 0 Å². The van der Waals surface area contributed by atoms with E-state index in [-0.39, 0.29) is 6.04 Å². The Morgan fingerprint density at radius 3 is 1.34 bits per heavy atom. The van der Waals surface area contributed by atoms with Crippen LogP contribution in [0.1, 0.15) is 133 Å². The summed E-state index contributed by atoms with van der Waals surface area (Å²) in [6.07, 6.45) is 21.8. The third-order valence-electron chi connectivity index (χ3n) is 7.42. The molecule has 0 aromatic heterocycles. The van der Waals surface area contributed by atoms with Crippen LogP contribution < -0.4 is 0 Å². The molecule has 0 bridgehead atoms. The highest BCUT2D eigenvalue weighted by atomic mass is 16.3. The van der Waals surface area contributed by atoms with Crippen LogP contribution in [0.2, 0.25) is 0 Å². The fraction of sp³-hybridized carbons (Fsp3) is 0.636. The predicted molar refractivity (Wildman–Crippen MR) is 153 cm³/mol. The van der Waals surface area contributed by atoms with Crippen molar-refractivity contribution in [2.45, 2.75) is 122 Å². The first-order valence-electron chi connectivity index (χ1n) is 14.7. The van der Waals surface area contributed by atoms with Crippen LogP contribution in [0, 0.1) is 0 Å². The lowest BCUT2D eigenvalue weighted by Gasteiger charge is -2.32. The molecule has 2 heteroatoms. The summed E-state index contributed by atoms with van der Waals surface area (Å²) >= 11 is 0. The zero-order valence-electron chi connectivity index (χ0n) is 22.8. The number of hydrogen-bond donors (Lipinski definition) is 1. The molecule has 35 heavy (non-hydrogen) atoms. The second-order valence-electron chi connectivity index (χ2n) is 10.5. The van der Waals surface area contributed by atoms with Gasteiger partial charge in [-0.1, -0.05) is 164 Å². The van der Waals surface area contributed by atoms with Gasteiger partial charge in [-0.05, 0) is 31.1 Å². The van der Waals surface area contributed by atoms with Crippen LogP contribution in [0.3, 0.4) is 0 Å². The normalized spacial score (nSPS) is 13.3. The van der Waals surface area contributed by atoms with E-state index in [0.29, 0.717) is 0 Å². The Balaban J connectivity index is 1.55. The van der Waals surface area contributed by atoms with Gasteiger partial charge >= 0.3 is 0 Å². The Morgan fingerprint density at radius 2 is 0.914 bits per heavy atom. The number of unbranched alkanes of at least 4 members (excludes halogenated alkanes) is 15. The van der Waals surface area contributed by atoms with Gasteiger partial charge in [0, 0.05) is 0 Å². The van der Waals surface area contributed by atoms with E-state index in [1.807, 2.05) is 36.4 Å². The topological polar surface area (TPSA) is 23.5 Å². The molecule has 2 aromatic rings. The Labute approximate surface area is 217 Å². The van der Waals surface area contributed by atoms with Gasteiger partial charge in [0.2, 0.25) is 0 Å². The molecule has 0 radical (unpaired) electrons. The van der Waals surface area contributed by atoms with Gasteiger partial charge in [0.05, 0.1) is 12.1 Å². The molecule has 0 saturated carbocycles. The molecule has 0 saturated heterocycles. The largest absolute Gasteiger partial charge is 0.386 e. The van der Waals surface area contributed by atoms with Gasteiger partial charge < -0.3 is 5.11 Å². The maximum atomic E-state index is 11.2. The molecule has 1 N–H and O–H groups in total. The molecule has 0 heterocycles. The second kappa shape index (κ2) is 19.5. The summed E-state index contributed by atoms with van der Waals surface area (Å²) in [6, 6.07) is 20.5. The van der Waals surface area contributed by atoms with Gasteiger partial charge in [0.25, 0.3) is 0 Å². The van der Waals surface area contributed by atoms with Crippen LogP contribution in [0.15, 0.2) is 60.7 Å². The molecule has 0 aliphatic carbocycles. The fourth-order valence-electron chi connectivity index (χ4n) is 5.21. The standard InChI is InChI=1S/C33H53NO/c1-3-4-5-6-7-8-9-10-11-12-13-14-15-16-17-24-29-34(2)32(30-25-20-18-21-26-30)33(35)31-27-22-19-23-28-31/h18-23,25-28,32-33,35H,3-17,24,29H2,1-2H3. The van der Waals surface area contributed by atoms with Crippen molar-refractivity contribution in [3.8, 4) is 0 Å². The van der Waals surface area contributed by atoms with Crippen molar-refractivity contribution >= 4 is 0 Å². The summed E-state index contributed by atoms with van der Waals surface area (Å²) in [5.41, 5.74) is 2.17. The van der Waals surface area contributed by atoms with Gasteiger partial charge in [-0.25, -0.2) is 0 Å². The Bertz CT molecular complexity index is 716. The molecule has 0 amide bonds. The van der Waals surface area contributed by atoms with E-state index >= 15 is 0 Å². The van der Waals surface area contributed by atoms with Crippen LogP contribution in [0.4, 0.5) is 0 Å². The quantitative estimate of drug-likeness (QED) is 0.180. The minimum atomic E-state index is -0.523. The summed E-state index contributed by atoms with van der Waals surface area (Å²) in [7, 11) is 2.16. The molecule has 2 aromatic carbocycles. The molecule has 0 aliphatic rings. The van der Waals surface area contributed by atoms with Crippen molar-refractivity contribution in [1.29, 1.82) is 0 Å². The highest BCUT2D eigenvalue weighted by molar-refractivity contribution is 5.26. The minimum absolute atomic E-state index is 0.0186. The molecule has 2 atom stereocenters. The molecule has 0 fully saturated rings. The third-order valence-corrected chi connectivity index (χ3v) is 7.42. The lowest BCUT2D eigenvalue weighted by Crippen LogP contribution is -2.30. The minimum Gasteiger partial charge on any atom is -0.386 e. The first-order chi connectivity index (χ1) is 17.2. The zero-order valence-corrected chi connectivity index (χ0v) is 22.8. The first kappa shape index (κ1) is 29.6. The van der Waals surface area contributed by atoms with E-state index in [0.717, 1.165) is 12.1 Å². The van der Waals surface area contributed by atoms with Crippen LogP contribution in [0.25, 0.3) is 0 Å². The summed E-state index contributed by atoms with van der Waals surface area (Å²) < 4.78 is 0. The fourth-order valence-corrected chi connectivity index (χ4v) is 5.21. The van der Waals surface area contributed by atoms with E-state index in [2.05, 4.69) is 43.1 Å². The van der Waals surface area contributed by atoms with Crippen molar-refractivity contribution in [1.82, 2.24) is 4.90 Å². The number of benzene rings is 2. The van der Waals surface area contributed by atoms with Crippen molar-refractivity contribution in [3.05, 3.63) is 71.8 Å². The molecule has 2 rings (SSSR count). The summed E-state index contributed by atoms with van der Waals surface area (Å²) in [5, 5.41) is 11.2. The van der Waals surface area contributed by atoms with E-state index in [1.54, 1.807) is 0 Å². The number of rotatable bonds is 21. The van der Waals surface area contributed by atoms with Crippen LogP contribution in [0.5, 0.6) is 0 Å². The van der Waals surface area contributed by atoms with Crippen molar-refractivity contribution < 1.29 is 5.11 Å². The number of aliphatic hydroxyl groups is 1. The van der Waals surface area contributed by atoms with Gasteiger partial charge in [-0.2, -0.15) is 0 Å². The maximum absolute atomic E-state index is 11.2. The highest BCUT2D eigenvalue weighted by Crippen LogP contribution is 2.33. The molecule has 196 valence electrons. The Hall–Kier alpha value is -1.64. The first-order valence-corrected chi connectivity index (χ1v) is 14.7. The Kier molecular flexibility index (Phi) is 16.5. The molecule has 2 unspecified atom stereocenters. The monoisotopic (exact) mass is 479 g/mol. The molecule has 0 aliphatic heterocycles. The number of nitrogens with zero attached hydrogens (tertiary/aromatic N) is 1. The molecule has 2 nitrogen and oxygen atoms in total. The lowest BCUT2D eigenvalue weighted by molar-refractivity contribution is 0.0609. The average Bonchev–Trinajstić information content (AvgIpc) is 2.89. The molecular formula is C33H53NO. The Morgan fingerprint density at radius 1 is 0.543 bits per heavy atom. The number of hydrogen-bond acceptors (Lipinski definition) is 2. The van der Waals surface area contributed by atoms with Crippen LogP contribution in [-0.2, 0) is 0 Å². The summed E-state index contributed by atoms with van der Waals surface area (Å²) in [5.74, 6) is 0. The van der Waals surface area contributed by atoms with E-state index < -0.39 is 6.10 Å². The smallest absolute Gasteiger partial charge is 0.0986 e. The predicted octanol–water partition coefficient (Wildman–Crippen LogP) is 9.65. The van der Waals surface area contributed by atoms with E-state index in [4.69, 9.17) is 0 Å². The highest BCUT2D eigenvalue weighted by Gasteiger charge is 2.26. The van der Waals surface area contributed by atoms with Crippen molar-refractivity contribution in [2.24, 2.45) is 0 Å². The number of likely N-dealkylation sites (N-methyl/N-ethyl adjacent to an activating group) is 1. The SMILES string of the molecule is CCCCCCCCCCCCCCCCCCN(C)C(c1ccccc1)C(O)c1ccccc1. The second-order valence-corrected chi connectivity index (χ2v) is 10.5. The van der Waals surface area contributed by atoms with Crippen molar-refractivity contribution in [2.75, 3.05) is 13.6 Å². The van der Waals surface area contributed by atoms with E-state index in [9.17, 15) is 5.11 Å². The maximum Gasteiger partial charge on any atom is 0.0986 e. The third kappa shape index (κ3) is 12.8.